The fraction of sp³-hybridized carbons (Fsp3) is 0.167. The average Bonchev–Trinajstić information content (AvgIpc) is 2.00. The highest BCUT2D eigenvalue weighted by Crippen LogP contribution is 2.37. The lowest BCUT2D eigenvalue weighted by molar-refractivity contribution is 0.141. The van der Waals surface area contributed by atoms with Crippen LogP contribution in [0.15, 0.2) is 10.7 Å². The van der Waals surface area contributed by atoms with Crippen molar-refractivity contribution in [3.05, 3.63) is 16.4 Å². The monoisotopic (exact) mass is 239 g/mol. The molecule has 0 spiro atoms. The minimum Gasteiger partial charge on any atom is -0.505 e. The van der Waals surface area contributed by atoms with Gasteiger partial charge in [0.05, 0.1) is 6.20 Å². The summed E-state index contributed by atoms with van der Waals surface area (Å²) in [5.41, 5.74) is -0.750. The van der Waals surface area contributed by atoms with E-state index in [9.17, 15) is 8.78 Å². The zero-order valence-electron chi connectivity index (χ0n) is 5.63. The fourth-order valence-corrected chi connectivity index (χ4v) is 0.947. The zero-order valence-corrected chi connectivity index (χ0v) is 7.22. The molecule has 0 aromatic carbocycles. The third-order valence-electron chi connectivity index (χ3n) is 1.21. The summed E-state index contributed by atoms with van der Waals surface area (Å²) in [6.45, 7) is 0. The van der Waals surface area contributed by atoms with E-state index in [1.807, 2.05) is 0 Å². The Bertz CT molecular complexity index is 306. The molecule has 2 N–H and O–H groups in total. The summed E-state index contributed by atoms with van der Waals surface area (Å²) >= 11 is 2.72. The smallest absolute Gasteiger partial charge is 0.284 e. The Morgan fingerprint density at radius 2 is 2.00 bits per heavy atom. The summed E-state index contributed by atoms with van der Waals surface area (Å²) in [4.78, 5) is 3.16. The van der Waals surface area contributed by atoms with Gasteiger partial charge in [-0.1, -0.05) is 0 Å². The lowest BCUT2D eigenvalue weighted by atomic mass is 10.3. The second-order valence-electron chi connectivity index (χ2n) is 1.99. The average molecular weight is 240 g/mol. The molecule has 0 fully saturated rings. The van der Waals surface area contributed by atoms with Crippen LogP contribution < -0.4 is 0 Å². The first kappa shape index (κ1) is 9.18. The highest BCUT2D eigenvalue weighted by molar-refractivity contribution is 9.10. The number of halogens is 3. The number of hydrogen-bond donors (Lipinski definition) is 2. The molecule has 12 heavy (non-hydrogen) atoms. The standard InChI is InChI=1S/C6H4BrF2NO2/c7-3-2(11)1-10-4(5(3)12)6(8)9/h1,6,11-12H. The maximum atomic E-state index is 12.0. The second kappa shape index (κ2) is 3.22. The number of hydrogen-bond acceptors (Lipinski definition) is 3. The van der Waals surface area contributed by atoms with Gasteiger partial charge in [-0.2, -0.15) is 0 Å². The van der Waals surface area contributed by atoms with Gasteiger partial charge in [-0.05, 0) is 15.9 Å². The van der Waals surface area contributed by atoms with E-state index in [1.165, 1.54) is 0 Å². The Balaban J connectivity index is 3.27. The third-order valence-corrected chi connectivity index (χ3v) is 1.99. The molecule has 66 valence electrons. The normalized spacial score (nSPS) is 10.7. The number of aromatic nitrogens is 1. The molecule has 0 saturated carbocycles. The number of alkyl halides is 2. The van der Waals surface area contributed by atoms with Crippen molar-refractivity contribution >= 4 is 15.9 Å². The van der Waals surface area contributed by atoms with Gasteiger partial charge in [0.2, 0.25) is 0 Å². The molecule has 0 amide bonds. The first-order valence-electron chi connectivity index (χ1n) is 2.88. The molecule has 1 aromatic rings. The van der Waals surface area contributed by atoms with Crippen molar-refractivity contribution in [3.8, 4) is 11.5 Å². The predicted octanol–water partition coefficient (Wildman–Crippen LogP) is 2.19. The van der Waals surface area contributed by atoms with Crippen molar-refractivity contribution in [1.29, 1.82) is 0 Å². The summed E-state index contributed by atoms with van der Waals surface area (Å²) in [7, 11) is 0. The molecule has 0 bridgehead atoms. The molecule has 0 aliphatic rings. The van der Waals surface area contributed by atoms with Gasteiger partial charge in [0.25, 0.3) is 6.43 Å². The molecule has 0 unspecified atom stereocenters. The van der Waals surface area contributed by atoms with Crippen LogP contribution in [0.25, 0.3) is 0 Å². The van der Waals surface area contributed by atoms with Crippen molar-refractivity contribution in [2.45, 2.75) is 6.43 Å². The van der Waals surface area contributed by atoms with Crippen LogP contribution in [0.4, 0.5) is 8.78 Å². The number of nitrogens with zero attached hydrogens (tertiary/aromatic N) is 1. The third kappa shape index (κ3) is 1.47. The SMILES string of the molecule is Oc1cnc(C(F)F)c(O)c1Br. The van der Waals surface area contributed by atoms with Crippen LogP contribution in [0.3, 0.4) is 0 Å². The van der Waals surface area contributed by atoms with Crippen molar-refractivity contribution in [2.75, 3.05) is 0 Å². The molecule has 1 heterocycles. The summed E-state index contributed by atoms with van der Waals surface area (Å²) < 4.78 is 23.9. The zero-order chi connectivity index (χ0) is 9.30. The Hall–Kier alpha value is -0.910. The highest BCUT2D eigenvalue weighted by atomic mass is 79.9. The van der Waals surface area contributed by atoms with E-state index in [0.717, 1.165) is 6.20 Å². The van der Waals surface area contributed by atoms with Crippen LogP contribution in [-0.2, 0) is 0 Å². The molecular weight excluding hydrogens is 236 g/mol. The Kier molecular flexibility index (Phi) is 2.46. The lowest BCUT2D eigenvalue weighted by Crippen LogP contribution is -1.90. The van der Waals surface area contributed by atoms with Gasteiger partial charge >= 0.3 is 0 Å². The van der Waals surface area contributed by atoms with E-state index in [2.05, 4.69) is 20.9 Å². The second-order valence-corrected chi connectivity index (χ2v) is 2.78. The van der Waals surface area contributed by atoms with Crippen molar-refractivity contribution in [2.24, 2.45) is 0 Å². The lowest BCUT2D eigenvalue weighted by Gasteiger charge is -2.04. The molecule has 0 saturated heterocycles. The summed E-state index contributed by atoms with van der Waals surface area (Å²) in [6, 6.07) is 0. The first-order valence-corrected chi connectivity index (χ1v) is 3.67. The van der Waals surface area contributed by atoms with Gasteiger partial charge in [-0.15, -0.1) is 0 Å². The quantitative estimate of drug-likeness (QED) is 0.790. The van der Waals surface area contributed by atoms with Crippen molar-refractivity contribution in [1.82, 2.24) is 4.98 Å². The van der Waals surface area contributed by atoms with E-state index in [4.69, 9.17) is 10.2 Å². The van der Waals surface area contributed by atoms with Gasteiger partial charge in [-0.3, -0.25) is 0 Å². The van der Waals surface area contributed by atoms with Gasteiger partial charge in [0.15, 0.2) is 11.5 Å². The molecule has 3 nitrogen and oxygen atoms in total. The van der Waals surface area contributed by atoms with Gasteiger partial charge in [-0.25, -0.2) is 13.8 Å². The van der Waals surface area contributed by atoms with Crippen LogP contribution in [0, 0.1) is 0 Å². The van der Waals surface area contributed by atoms with Crippen molar-refractivity contribution < 1.29 is 19.0 Å². The summed E-state index contributed by atoms with van der Waals surface area (Å²) in [5, 5.41) is 17.9. The Morgan fingerprint density at radius 1 is 1.42 bits per heavy atom. The summed E-state index contributed by atoms with van der Waals surface area (Å²) in [5.74, 6) is -1.11. The molecule has 1 rings (SSSR count). The summed E-state index contributed by atoms with van der Waals surface area (Å²) in [6.07, 6.45) is -2.02. The Labute approximate surface area is 74.8 Å². The molecule has 0 aliphatic carbocycles. The van der Waals surface area contributed by atoms with Crippen molar-refractivity contribution in [3.63, 3.8) is 0 Å². The molecule has 0 atom stereocenters. The molecule has 0 aliphatic heterocycles. The van der Waals surface area contributed by atoms with Crippen LogP contribution in [0.2, 0.25) is 0 Å². The fourth-order valence-electron chi connectivity index (χ4n) is 0.642. The molecule has 1 aromatic heterocycles. The molecule has 0 radical (unpaired) electrons. The van der Waals surface area contributed by atoms with E-state index in [-0.39, 0.29) is 10.2 Å². The predicted molar refractivity (Wildman–Crippen MR) is 40.2 cm³/mol. The Morgan fingerprint density at radius 3 is 2.50 bits per heavy atom. The minimum absolute atomic E-state index is 0.173. The topological polar surface area (TPSA) is 53.4 Å². The van der Waals surface area contributed by atoms with Gasteiger partial charge in [0, 0.05) is 0 Å². The maximum Gasteiger partial charge on any atom is 0.284 e. The number of pyridine rings is 1. The van der Waals surface area contributed by atoms with Gasteiger partial charge in [0.1, 0.15) is 10.2 Å². The van der Waals surface area contributed by atoms with E-state index in [1.54, 1.807) is 0 Å². The van der Waals surface area contributed by atoms with Crippen LogP contribution in [-0.4, -0.2) is 15.2 Å². The van der Waals surface area contributed by atoms with Crippen LogP contribution in [0.5, 0.6) is 11.5 Å². The first-order chi connectivity index (χ1) is 5.54. The molecular formula is C6H4BrF2NO2. The number of aromatic hydroxyl groups is 2. The highest BCUT2D eigenvalue weighted by Gasteiger charge is 2.18. The van der Waals surface area contributed by atoms with Gasteiger partial charge < -0.3 is 10.2 Å². The van der Waals surface area contributed by atoms with Crippen LogP contribution in [0.1, 0.15) is 12.1 Å². The minimum atomic E-state index is -2.86. The number of rotatable bonds is 1. The van der Waals surface area contributed by atoms with E-state index >= 15 is 0 Å². The van der Waals surface area contributed by atoms with E-state index in [0.29, 0.717) is 0 Å². The van der Waals surface area contributed by atoms with E-state index < -0.39 is 17.9 Å². The maximum absolute atomic E-state index is 12.0. The molecule has 6 heteroatoms. The van der Waals surface area contributed by atoms with Crippen LogP contribution >= 0.6 is 15.9 Å². The largest absolute Gasteiger partial charge is 0.505 e.